The van der Waals surface area contributed by atoms with E-state index in [1.54, 1.807) is 23.8 Å². The van der Waals surface area contributed by atoms with Crippen LogP contribution in [-0.4, -0.2) is 25.0 Å². The van der Waals surface area contributed by atoms with E-state index >= 15 is 0 Å². The van der Waals surface area contributed by atoms with Crippen LogP contribution in [0.4, 0.5) is 0 Å². The molecule has 5 nitrogen and oxygen atoms in total. The molecule has 0 bridgehead atoms. The molecule has 0 saturated heterocycles. The van der Waals surface area contributed by atoms with Gasteiger partial charge in [-0.25, -0.2) is 9.36 Å². The Kier molecular flexibility index (Phi) is 4.20. The average molecular weight is 237 g/mol. The van der Waals surface area contributed by atoms with Crippen LogP contribution >= 0.6 is 0 Å². The highest BCUT2D eigenvalue weighted by atomic mass is 16.5. The SMILES string of the molecule is COC(=O)[C@H](C)NC(=O)c1cc(C)c[n+](C)c1. The van der Waals surface area contributed by atoms with E-state index in [0.29, 0.717) is 5.56 Å². The lowest BCUT2D eigenvalue weighted by Crippen LogP contribution is -2.40. The minimum absolute atomic E-state index is 0.290. The first kappa shape index (κ1) is 13.2. The molecule has 0 aromatic carbocycles. The molecule has 0 saturated carbocycles. The Labute approximate surface area is 100 Å². The monoisotopic (exact) mass is 237 g/mol. The van der Waals surface area contributed by atoms with Crippen molar-refractivity contribution in [2.75, 3.05) is 7.11 Å². The van der Waals surface area contributed by atoms with Gasteiger partial charge in [0.05, 0.1) is 7.11 Å². The lowest BCUT2D eigenvalue weighted by atomic mass is 10.2. The standard InChI is InChI=1S/C12H16N2O3/c1-8-5-10(7-14(3)6-8)11(15)13-9(2)12(16)17-4/h5-7,9H,1-4H3/p+1/t9-/m0/s1. The quantitative estimate of drug-likeness (QED) is 0.599. The van der Waals surface area contributed by atoms with Crippen molar-refractivity contribution in [1.82, 2.24) is 5.32 Å². The number of nitrogens with zero attached hydrogens (tertiary/aromatic N) is 1. The van der Waals surface area contributed by atoms with Crippen molar-refractivity contribution >= 4 is 11.9 Å². The molecule has 1 amide bonds. The summed E-state index contributed by atoms with van der Waals surface area (Å²) < 4.78 is 6.34. The van der Waals surface area contributed by atoms with Crippen LogP contribution in [0.3, 0.4) is 0 Å². The van der Waals surface area contributed by atoms with Crippen molar-refractivity contribution in [3.63, 3.8) is 0 Å². The normalized spacial score (nSPS) is 11.8. The van der Waals surface area contributed by atoms with Crippen molar-refractivity contribution in [2.45, 2.75) is 19.9 Å². The zero-order chi connectivity index (χ0) is 13.0. The van der Waals surface area contributed by atoms with Crippen LogP contribution in [0.2, 0.25) is 0 Å². The van der Waals surface area contributed by atoms with E-state index in [0.717, 1.165) is 5.56 Å². The van der Waals surface area contributed by atoms with E-state index < -0.39 is 12.0 Å². The Morgan fingerprint density at radius 2 is 2.06 bits per heavy atom. The zero-order valence-electron chi connectivity index (χ0n) is 10.5. The number of methoxy groups -OCH3 is 1. The van der Waals surface area contributed by atoms with Gasteiger partial charge in [0.2, 0.25) is 0 Å². The Hall–Kier alpha value is -1.91. The molecule has 1 atom stereocenters. The second-order valence-corrected chi connectivity index (χ2v) is 3.99. The first-order valence-corrected chi connectivity index (χ1v) is 5.29. The molecule has 0 radical (unpaired) electrons. The van der Waals surface area contributed by atoms with Crippen molar-refractivity contribution < 1.29 is 18.9 Å². The molecule has 0 aliphatic carbocycles. The molecule has 0 aliphatic heterocycles. The summed E-state index contributed by atoms with van der Waals surface area (Å²) in [7, 11) is 3.13. The highest BCUT2D eigenvalue weighted by Crippen LogP contribution is 2.00. The van der Waals surface area contributed by atoms with Gasteiger partial charge in [-0.1, -0.05) is 0 Å². The van der Waals surface area contributed by atoms with E-state index in [2.05, 4.69) is 10.1 Å². The molecule has 17 heavy (non-hydrogen) atoms. The van der Waals surface area contributed by atoms with Crippen LogP contribution in [0.25, 0.3) is 0 Å². The summed E-state index contributed by atoms with van der Waals surface area (Å²) in [6.45, 7) is 3.49. The maximum Gasteiger partial charge on any atom is 0.328 e. The van der Waals surface area contributed by atoms with Crippen LogP contribution < -0.4 is 9.88 Å². The minimum Gasteiger partial charge on any atom is -0.467 e. The maximum atomic E-state index is 11.8. The number of aryl methyl sites for hydroxylation is 2. The Morgan fingerprint density at radius 3 is 2.59 bits per heavy atom. The number of rotatable bonds is 3. The zero-order valence-corrected chi connectivity index (χ0v) is 10.5. The highest BCUT2D eigenvalue weighted by molar-refractivity contribution is 5.96. The molecule has 1 rings (SSSR count). The Bertz CT molecular complexity index is 423. The highest BCUT2D eigenvalue weighted by Gasteiger charge is 2.18. The summed E-state index contributed by atoms with van der Waals surface area (Å²) in [4.78, 5) is 23.0. The van der Waals surface area contributed by atoms with Crippen LogP contribution in [0.1, 0.15) is 22.8 Å². The van der Waals surface area contributed by atoms with E-state index in [1.165, 1.54) is 7.11 Å². The van der Waals surface area contributed by atoms with Gasteiger partial charge in [-0.2, -0.15) is 0 Å². The van der Waals surface area contributed by atoms with Gasteiger partial charge in [0.1, 0.15) is 18.7 Å². The molecule has 0 unspecified atom stereocenters. The van der Waals surface area contributed by atoms with Crippen molar-refractivity contribution in [1.29, 1.82) is 0 Å². The number of aromatic nitrogens is 1. The predicted octanol–water partition coefficient (Wildman–Crippen LogP) is 0.111. The van der Waals surface area contributed by atoms with Crippen molar-refractivity contribution in [3.8, 4) is 0 Å². The van der Waals surface area contributed by atoms with Crippen LogP contribution in [0.15, 0.2) is 18.5 Å². The summed E-state index contributed by atoms with van der Waals surface area (Å²) in [6, 6.07) is 1.11. The lowest BCUT2D eigenvalue weighted by molar-refractivity contribution is -0.671. The number of carbonyl (C=O) groups is 2. The molecular formula is C12H17N2O3+. The third-order valence-electron chi connectivity index (χ3n) is 2.30. The Balaban J connectivity index is 2.79. The molecule has 0 spiro atoms. The number of esters is 1. The maximum absolute atomic E-state index is 11.8. The number of pyridine rings is 1. The topological polar surface area (TPSA) is 59.3 Å². The second kappa shape index (κ2) is 5.43. The molecule has 1 heterocycles. The van der Waals surface area contributed by atoms with E-state index in [9.17, 15) is 9.59 Å². The first-order chi connectivity index (χ1) is 7.93. The van der Waals surface area contributed by atoms with Gasteiger partial charge in [0.15, 0.2) is 12.4 Å². The average Bonchev–Trinajstić information content (AvgIpc) is 2.26. The first-order valence-electron chi connectivity index (χ1n) is 5.29. The van der Waals surface area contributed by atoms with Crippen LogP contribution in [-0.2, 0) is 16.6 Å². The third-order valence-corrected chi connectivity index (χ3v) is 2.30. The number of ether oxygens (including phenoxy) is 1. The fourth-order valence-corrected chi connectivity index (χ4v) is 1.54. The molecule has 1 aromatic heterocycles. The molecule has 1 aromatic rings. The van der Waals surface area contributed by atoms with E-state index in [-0.39, 0.29) is 5.91 Å². The van der Waals surface area contributed by atoms with Crippen molar-refractivity contribution in [3.05, 3.63) is 29.6 Å². The summed E-state index contributed by atoms with van der Waals surface area (Å²) in [5, 5.41) is 2.57. The van der Waals surface area contributed by atoms with Gasteiger partial charge < -0.3 is 10.1 Å². The predicted molar refractivity (Wildman–Crippen MR) is 61.3 cm³/mol. The second-order valence-electron chi connectivity index (χ2n) is 3.99. The summed E-state index contributed by atoms with van der Waals surface area (Å²) in [5.41, 5.74) is 1.49. The van der Waals surface area contributed by atoms with E-state index in [1.807, 2.05) is 20.2 Å². The van der Waals surface area contributed by atoms with Gasteiger partial charge in [0, 0.05) is 5.56 Å². The smallest absolute Gasteiger partial charge is 0.328 e. The van der Waals surface area contributed by atoms with Gasteiger partial charge in [-0.15, -0.1) is 0 Å². The van der Waals surface area contributed by atoms with Gasteiger partial charge in [0.25, 0.3) is 5.91 Å². The van der Waals surface area contributed by atoms with Gasteiger partial charge in [-0.3, -0.25) is 4.79 Å². The number of hydrogen-bond acceptors (Lipinski definition) is 3. The van der Waals surface area contributed by atoms with E-state index in [4.69, 9.17) is 0 Å². The summed E-state index contributed by atoms with van der Waals surface area (Å²) >= 11 is 0. The summed E-state index contributed by atoms with van der Waals surface area (Å²) in [5.74, 6) is -0.752. The fraction of sp³-hybridized carbons (Fsp3) is 0.417. The molecule has 0 fully saturated rings. The molecule has 1 N–H and O–H groups in total. The van der Waals surface area contributed by atoms with Crippen LogP contribution in [0, 0.1) is 6.92 Å². The molecular weight excluding hydrogens is 220 g/mol. The number of carbonyl (C=O) groups excluding carboxylic acids is 2. The number of amides is 1. The number of nitrogens with one attached hydrogen (secondary N) is 1. The minimum atomic E-state index is -0.654. The largest absolute Gasteiger partial charge is 0.467 e. The molecule has 92 valence electrons. The van der Waals surface area contributed by atoms with Gasteiger partial charge >= 0.3 is 5.97 Å². The van der Waals surface area contributed by atoms with Crippen molar-refractivity contribution in [2.24, 2.45) is 7.05 Å². The Morgan fingerprint density at radius 1 is 1.41 bits per heavy atom. The molecule has 0 aliphatic rings. The van der Waals surface area contributed by atoms with Crippen LogP contribution in [0.5, 0.6) is 0 Å². The summed E-state index contributed by atoms with van der Waals surface area (Å²) in [6.07, 6.45) is 3.60. The van der Waals surface area contributed by atoms with Gasteiger partial charge in [-0.05, 0) is 19.9 Å². The molecule has 5 heteroatoms. The number of hydrogen-bond donors (Lipinski definition) is 1. The third kappa shape index (κ3) is 3.55. The fourth-order valence-electron chi connectivity index (χ4n) is 1.54. The lowest BCUT2D eigenvalue weighted by Gasteiger charge is -2.10.